The molecule has 3 aliphatic rings. The van der Waals surface area contributed by atoms with Crippen LogP contribution in [-0.4, -0.2) is 111 Å². The van der Waals surface area contributed by atoms with Gasteiger partial charge >= 0.3 is 7.12 Å². The Balaban J connectivity index is 0.000000148. The van der Waals surface area contributed by atoms with E-state index in [1.54, 1.807) is 67.8 Å². The molecule has 18 nitrogen and oxygen atoms in total. The monoisotopic (exact) mass is 1260 g/mol. The zero-order valence-electron chi connectivity index (χ0n) is 49.1. The molecule has 11 heterocycles. The molecule has 6 N–H and O–H groups in total. The minimum atomic E-state index is -0.717. The standard InChI is InChI=1S/C29H25F2N7O.C24H20BrF2N5O.C11H17BN2O2/c1-17-28(23-4-2-3-5-34-23)37-25-12-19(30)11-22(31)27(25)29(17)36-24-13-26(38-6-8-39-9-7-38)35-16-21(24)18-10-20(32)15-33-14-18;1-14-23(18-4-2-3-5-28-18)31-20-11-15(26)10-17(27)22(20)24(14)30-19-12-21(29-13-16(19)25)32-6-8-33-9-7-32;1-10(2)11(3,4)16-12(15-10)8-5-9(13)7-14-6-8/h2-5,10-16H,6-9,32H2,1H3,(H,35,36,37);2-5,10-13H,6-9H2,1H3,(H,29,30,31);5-7H,13H2,1-4H3. The van der Waals surface area contributed by atoms with Crippen molar-refractivity contribution in [3.05, 3.63) is 173 Å². The maximum absolute atomic E-state index is 15.4. The number of ether oxygens (including phenoxy) is 2. The lowest BCUT2D eigenvalue weighted by molar-refractivity contribution is 0.00578. The first-order chi connectivity index (χ1) is 42.3. The Kier molecular flexibility index (Phi) is 17.8. The molecule has 0 bridgehead atoms. The van der Waals surface area contributed by atoms with E-state index in [1.807, 2.05) is 84.0 Å². The van der Waals surface area contributed by atoms with Crippen LogP contribution >= 0.6 is 15.9 Å². The van der Waals surface area contributed by atoms with E-state index < -0.39 is 23.3 Å². The summed E-state index contributed by atoms with van der Waals surface area (Å²) in [5.41, 5.74) is 20.8. The van der Waals surface area contributed by atoms with Gasteiger partial charge in [0.25, 0.3) is 0 Å². The van der Waals surface area contributed by atoms with Crippen LogP contribution in [0.25, 0.3) is 55.7 Å². The molecule has 3 saturated heterocycles. The fourth-order valence-electron chi connectivity index (χ4n) is 10.3. The van der Waals surface area contributed by atoms with Gasteiger partial charge in [0, 0.05) is 146 Å². The molecule has 13 rings (SSSR count). The van der Waals surface area contributed by atoms with Gasteiger partial charge in [0.05, 0.1) is 115 Å². The zero-order valence-corrected chi connectivity index (χ0v) is 50.7. The molecule has 0 saturated carbocycles. The van der Waals surface area contributed by atoms with E-state index >= 15 is 8.78 Å². The molecule has 0 amide bonds. The van der Waals surface area contributed by atoms with E-state index in [4.69, 9.17) is 35.2 Å². The van der Waals surface area contributed by atoms with Crippen LogP contribution in [0.5, 0.6) is 0 Å². The summed E-state index contributed by atoms with van der Waals surface area (Å²) in [5.74, 6) is -1.27. The van der Waals surface area contributed by atoms with Crippen LogP contribution in [0.3, 0.4) is 0 Å². The van der Waals surface area contributed by atoms with Crippen LogP contribution in [0.15, 0.2) is 139 Å². The largest absolute Gasteiger partial charge is 0.496 e. The Morgan fingerprint density at radius 3 is 1.52 bits per heavy atom. The minimum absolute atomic E-state index is 0.176. The van der Waals surface area contributed by atoms with Crippen LogP contribution < -0.4 is 37.4 Å². The molecule has 0 radical (unpaired) electrons. The van der Waals surface area contributed by atoms with Crippen molar-refractivity contribution in [3.8, 4) is 33.9 Å². The van der Waals surface area contributed by atoms with Gasteiger partial charge < -0.3 is 50.7 Å². The molecular formula is C64H62BBrF4N14O4. The second-order valence-corrected chi connectivity index (χ2v) is 23.0. The fourth-order valence-corrected chi connectivity index (χ4v) is 10.6. The van der Waals surface area contributed by atoms with Gasteiger partial charge in [-0.15, -0.1) is 0 Å². The van der Waals surface area contributed by atoms with Gasteiger partial charge in [0.1, 0.15) is 34.9 Å². The number of hydrogen-bond acceptors (Lipinski definition) is 18. The number of nitrogen functional groups attached to an aromatic ring is 2. The van der Waals surface area contributed by atoms with Gasteiger partial charge in [-0.05, 0) is 93.9 Å². The number of pyridine rings is 8. The lowest BCUT2D eigenvalue weighted by Gasteiger charge is -2.32. The number of benzene rings is 2. The average molecular weight is 1260 g/mol. The van der Waals surface area contributed by atoms with Crippen molar-refractivity contribution in [1.82, 2.24) is 39.9 Å². The number of morpholine rings is 2. The number of nitrogens with two attached hydrogens (primary N) is 2. The fraction of sp³-hybridized carbons (Fsp3) is 0.250. The lowest BCUT2D eigenvalue weighted by Crippen LogP contribution is -2.41. The maximum Gasteiger partial charge on any atom is 0.496 e. The first-order valence-corrected chi connectivity index (χ1v) is 29.1. The molecule has 8 aromatic heterocycles. The normalized spacial score (nSPS) is 15.3. The number of aromatic nitrogens is 8. The Hall–Kier alpha value is -8.94. The number of nitrogens with one attached hydrogen (secondary N) is 2. The third-order valence-electron chi connectivity index (χ3n) is 15.6. The zero-order chi connectivity index (χ0) is 61.9. The van der Waals surface area contributed by atoms with Crippen LogP contribution in [0.2, 0.25) is 0 Å². The molecule has 3 fully saturated rings. The van der Waals surface area contributed by atoms with Gasteiger partial charge in [-0.25, -0.2) is 37.5 Å². The number of hydrogen-bond donors (Lipinski definition) is 4. The van der Waals surface area contributed by atoms with Gasteiger partial charge in [-0.1, -0.05) is 12.1 Å². The van der Waals surface area contributed by atoms with E-state index in [-0.39, 0.29) is 40.1 Å². The van der Waals surface area contributed by atoms with Gasteiger partial charge in [-0.2, -0.15) is 0 Å². The molecule has 88 heavy (non-hydrogen) atoms. The number of halogens is 5. The van der Waals surface area contributed by atoms with Crippen molar-refractivity contribution in [1.29, 1.82) is 0 Å². The Morgan fingerprint density at radius 1 is 0.557 bits per heavy atom. The summed E-state index contributed by atoms with van der Waals surface area (Å²) < 4.78 is 82.2. The predicted molar refractivity (Wildman–Crippen MR) is 340 cm³/mol. The van der Waals surface area contributed by atoms with Gasteiger partial charge in [-0.3, -0.25) is 19.9 Å². The molecule has 10 aromatic rings. The van der Waals surface area contributed by atoms with Gasteiger partial charge in [0.2, 0.25) is 0 Å². The maximum atomic E-state index is 15.4. The van der Waals surface area contributed by atoms with E-state index in [1.165, 1.54) is 12.1 Å². The second-order valence-electron chi connectivity index (χ2n) is 22.1. The van der Waals surface area contributed by atoms with E-state index in [9.17, 15) is 8.78 Å². The highest BCUT2D eigenvalue weighted by molar-refractivity contribution is 9.10. The summed E-state index contributed by atoms with van der Waals surface area (Å²) in [6.45, 7) is 17.1. The summed E-state index contributed by atoms with van der Waals surface area (Å²) in [6, 6.07) is 22.6. The molecular weight excluding hydrogens is 1200 g/mol. The number of anilines is 8. The topological polar surface area (TPSA) is 223 Å². The molecule has 450 valence electrons. The van der Waals surface area contributed by atoms with Crippen molar-refractivity contribution >= 4 is 96.1 Å². The predicted octanol–water partition coefficient (Wildman–Crippen LogP) is 12.1. The molecule has 24 heteroatoms. The summed E-state index contributed by atoms with van der Waals surface area (Å²) in [4.78, 5) is 39.7. The van der Waals surface area contributed by atoms with Crippen LogP contribution in [0.1, 0.15) is 38.8 Å². The van der Waals surface area contributed by atoms with E-state index in [0.717, 1.165) is 53.4 Å². The smallest absolute Gasteiger partial charge is 0.399 e. The second kappa shape index (κ2) is 25.8. The summed E-state index contributed by atoms with van der Waals surface area (Å²) in [5, 5.41) is 7.20. The minimum Gasteiger partial charge on any atom is -0.399 e. The lowest BCUT2D eigenvalue weighted by atomic mass is 9.80. The third kappa shape index (κ3) is 13.2. The highest BCUT2D eigenvalue weighted by Crippen LogP contribution is 2.42. The SMILES string of the molecule is CC1(C)OB(c2cncc(N)c2)OC1(C)C.Cc1c(-c2ccccn2)nc2cc(F)cc(F)c2c1Nc1cc(N2CCOCC2)ncc1-c1cncc(N)c1.Cc1c(-c2ccccn2)nc2cc(F)cc(F)c2c1Nc1cc(N2CCOCC2)ncc1Br. The number of rotatable bonds is 10. The van der Waals surface area contributed by atoms with Crippen molar-refractivity contribution in [2.24, 2.45) is 0 Å². The molecule has 3 aliphatic heterocycles. The summed E-state index contributed by atoms with van der Waals surface area (Å²) >= 11 is 3.54. The number of nitrogens with zero attached hydrogens (tertiary/aromatic N) is 10. The first kappa shape index (κ1) is 60.7. The quantitative estimate of drug-likeness (QED) is 0.0738. The van der Waals surface area contributed by atoms with Crippen molar-refractivity contribution < 1.29 is 36.3 Å². The van der Waals surface area contributed by atoms with Gasteiger partial charge in [0.15, 0.2) is 0 Å². The van der Waals surface area contributed by atoms with Crippen LogP contribution in [0, 0.1) is 37.1 Å². The molecule has 0 unspecified atom stereocenters. The van der Waals surface area contributed by atoms with Crippen LogP contribution in [-0.2, 0) is 18.8 Å². The van der Waals surface area contributed by atoms with E-state index in [2.05, 4.69) is 71.3 Å². The third-order valence-corrected chi connectivity index (χ3v) is 16.2. The Morgan fingerprint density at radius 2 is 1.03 bits per heavy atom. The van der Waals surface area contributed by atoms with Crippen molar-refractivity contribution in [3.63, 3.8) is 0 Å². The Bertz CT molecular complexity index is 4170. The molecule has 0 aliphatic carbocycles. The average Bonchev–Trinajstić information content (AvgIpc) is 1.78. The molecule has 0 spiro atoms. The van der Waals surface area contributed by atoms with Crippen molar-refractivity contribution in [2.45, 2.75) is 52.7 Å². The highest BCUT2D eigenvalue weighted by atomic mass is 79.9. The van der Waals surface area contributed by atoms with Crippen LogP contribution in [0.4, 0.5) is 63.3 Å². The Labute approximate surface area is 514 Å². The molecule has 2 aromatic carbocycles. The summed E-state index contributed by atoms with van der Waals surface area (Å²) in [7, 11) is -0.388. The number of fused-ring (bicyclic) bond motifs is 2. The highest BCUT2D eigenvalue weighted by Gasteiger charge is 2.52. The van der Waals surface area contributed by atoms with Crippen molar-refractivity contribution in [2.75, 3.05) is 84.5 Å². The molecule has 0 atom stereocenters. The summed E-state index contributed by atoms with van der Waals surface area (Å²) in [6.07, 6.45) is 13.4. The van der Waals surface area contributed by atoms with E-state index in [0.29, 0.717) is 112 Å². The first-order valence-electron chi connectivity index (χ1n) is 28.3.